The minimum atomic E-state index is -3.47. The Morgan fingerprint density at radius 2 is 2.24 bits per heavy atom. The SMILES string of the molecule is CC(C)(CO)CCCNS(=O)(=O)c1cnc[nH]1. The Bertz CT molecular complexity index is 426. The lowest BCUT2D eigenvalue weighted by atomic mass is 9.89. The molecular weight excluding hydrogens is 242 g/mol. The van der Waals surface area contributed by atoms with Crippen LogP contribution in [0.5, 0.6) is 0 Å². The minimum absolute atomic E-state index is 0.0684. The summed E-state index contributed by atoms with van der Waals surface area (Å²) in [5.41, 5.74) is -0.167. The summed E-state index contributed by atoms with van der Waals surface area (Å²) < 4.78 is 25.8. The predicted octanol–water partition coefficient (Wildman–Crippen LogP) is 0.487. The molecule has 0 spiro atoms. The van der Waals surface area contributed by atoms with E-state index >= 15 is 0 Å². The average molecular weight is 261 g/mol. The van der Waals surface area contributed by atoms with E-state index in [1.165, 1.54) is 12.5 Å². The molecule has 0 aromatic carbocycles. The van der Waals surface area contributed by atoms with Gasteiger partial charge in [-0.25, -0.2) is 18.1 Å². The molecule has 0 saturated heterocycles. The van der Waals surface area contributed by atoms with Crippen LogP contribution >= 0.6 is 0 Å². The van der Waals surface area contributed by atoms with Crippen molar-refractivity contribution in [3.05, 3.63) is 12.5 Å². The van der Waals surface area contributed by atoms with Gasteiger partial charge in [-0.3, -0.25) is 0 Å². The monoisotopic (exact) mass is 261 g/mol. The van der Waals surface area contributed by atoms with Crippen LogP contribution in [-0.4, -0.2) is 36.6 Å². The van der Waals surface area contributed by atoms with Gasteiger partial charge in [0.1, 0.15) is 0 Å². The third kappa shape index (κ3) is 4.45. The molecule has 0 aliphatic rings. The Labute approximate surface area is 102 Å². The van der Waals surface area contributed by atoms with Crippen molar-refractivity contribution >= 4 is 10.0 Å². The third-order valence-corrected chi connectivity index (χ3v) is 3.90. The topological polar surface area (TPSA) is 95.1 Å². The van der Waals surface area contributed by atoms with Gasteiger partial charge in [0.25, 0.3) is 10.0 Å². The maximum absolute atomic E-state index is 11.7. The zero-order valence-corrected chi connectivity index (χ0v) is 10.9. The molecule has 0 aliphatic heterocycles. The molecular formula is C10H19N3O3S. The summed E-state index contributed by atoms with van der Waals surface area (Å²) >= 11 is 0. The second-order valence-electron chi connectivity index (χ2n) is 4.74. The van der Waals surface area contributed by atoms with Gasteiger partial charge in [-0.2, -0.15) is 0 Å². The molecule has 3 N–H and O–H groups in total. The van der Waals surface area contributed by atoms with Gasteiger partial charge >= 0.3 is 0 Å². The molecule has 0 atom stereocenters. The minimum Gasteiger partial charge on any atom is -0.396 e. The molecule has 0 aliphatic carbocycles. The molecule has 1 heterocycles. The number of H-pyrrole nitrogens is 1. The van der Waals surface area contributed by atoms with Crippen molar-refractivity contribution in [2.24, 2.45) is 5.41 Å². The molecule has 1 aromatic rings. The smallest absolute Gasteiger partial charge is 0.257 e. The van der Waals surface area contributed by atoms with E-state index in [-0.39, 0.29) is 17.0 Å². The summed E-state index contributed by atoms with van der Waals surface area (Å²) in [6.45, 7) is 4.33. The molecule has 0 saturated carbocycles. The van der Waals surface area contributed by atoms with Crippen LogP contribution in [0.1, 0.15) is 26.7 Å². The highest BCUT2D eigenvalue weighted by Crippen LogP contribution is 2.20. The zero-order chi connectivity index (χ0) is 12.9. The van der Waals surface area contributed by atoms with Crippen LogP contribution in [0.2, 0.25) is 0 Å². The van der Waals surface area contributed by atoms with Gasteiger partial charge < -0.3 is 10.1 Å². The second kappa shape index (κ2) is 5.61. The third-order valence-electron chi connectivity index (χ3n) is 2.51. The molecule has 98 valence electrons. The molecule has 7 heteroatoms. The highest BCUT2D eigenvalue weighted by atomic mass is 32.2. The van der Waals surface area contributed by atoms with E-state index < -0.39 is 10.0 Å². The lowest BCUT2D eigenvalue weighted by molar-refractivity contribution is 0.148. The summed E-state index contributed by atoms with van der Waals surface area (Å²) in [6, 6.07) is 0. The predicted molar refractivity (Wildman–Crippen MR) is 63.9 cm³/mol. The number of rotatable bonds is 7. The van der Waals surface area contributed by atoms with Crippen LogP contribution in [0.4, 0.5) is 0 Å². The number of aliphatic hydroxyl groups excluding tert-OH is 1. The van der Waals surface area contributed by atoms with E-state index in [0.29, 0.717) is 13.0 Å². The fraction of sp³-hybridized carbons (Fsp3) is 0.700. The average Bonchev–Trinajstić information content (AvgIpc) is 2.78. The Balaban J connectivity index is 2.37. The zero-order valence-electron chi connectivity index (χ0n) is 10.1. The van der Waals surface area contributed by atoms with Crippen molar-refractivity contribution in [2.45, 2.75) is 31.7 Å². The van der Waals surface area contributed by atoms with Gasteiger partial charge in [-0.15, -0.1) is 0 Å². The first-order chi connectivity index (χ1) is 7.87. The number of hydrogen-bond acceptors (Lipinski definition) is 4. The lowest BCUT2D eigenvalue weighted by Crippen LogP contribution is -2.26. The summed E-state index contributed by atoms with van der Waals surface area (Å²) in [7, 11) is -3.47. The van der Waals surface area contributed by atoms with E-state index in [2.05, 4.69) is 14.7 Å². The molecule has 0 amide bonds. The number of sulfonamides is 1. The Hall–Kier alpha value is -0.920. The first-order valence-electron chi connectivity index (χ1n) is 5.46. The summed E-state index contributed by atoms with van der Waals surface area (Å²) in [6.07, 6.45) is 4.03. The highest BCUT2D eigenvalue weighted by molar-refractivity contribution is 7.89. The maximum atomic E-state index is 11.7. The molecule has 0 bridgehead atoms. The van der Waals surface area contributed by atoms with E-state index in [1.54, 1.807) is 0 Å². The first-order valence-corrected chi connectivity index (χ1v) is 6.95. The molecule has 1 aromatic heterocycles. The second-order valence-corrected chi connectivity index (χ2v) is 6.47. The van der Waals surface area contributed by atoms with Crippen molar-refractivity contribution in [2.75, 3.05) is 13.2 Å². The number of imidazole rings is 1. The highest BCUT2D eigenvalue weighted by Gasteiger charge is 2.18. The van der Waals surface area contributed by atoms with Crippen molar-refractivity contribution in [1.82, 2.24) is 14.7 Å². The van der Waals surface area contributed by atoms with Gasteiger partial charge in [0.2, 0.25) is 0 Å². The molecule has 1 rings (SSSR count). The van der Waals surface area contributed by atoms with Crippen molar-refractivity contribution in [3.8, 4) is 0 Å². The van der Waals surface area contributed by atoms with Gasteiger partial charge in [-0.05, 0) is 18.3 Å². The quantitative estimate of drug-likeness (QED) is 0.622. The standard InChI is InChI=1S/C10H19N3O3S/c1-10(2,7-14)4-3-5-13-17(15,16)9-6-11-8-12-9/h6,8,13-14H,3-5,7H2,1-2H3,(H,11,12). The number of hydrogen-bond donors (Lipinski definition) is 3. The van der Waals surface area contributed by atoms with E-state index in [9.17, 15) is 8.42 Å². The van der Waals surface area contributed by atoms with Gasteiger partial charge in [-0.1, -0.05) is 13.8 Å². The van der Waals surface area contributed by atoms with Gasteiger partial charge in [0.05, 0.1) is 12.5 Å². The number of aliphatic hydroxyl groups is 1. The number of nitrogens with one attached hydrogen (secondary N) is 2. The number of aromatic amines is 1. The van der Waals surface area contributed by atoms with Crippen LogP contribution in [0.15, 0.2) is 17.6 Å². The van der Waals surface area contributed by atoms with Gasteiger partial charge in [0.15, 0.2) is 5.03 Å². The van der Waals surface area contributed by atoms with E-state index in [0.717, 1.165) is 6.42 Å². The summed E-state index contributed by atoms with van der Waals surface area (Å²) in [5, 5.41) is 9.12. The molecule has 6 nitrogen and oxygen atoms in total. The summed E-state index contributed by atoms with van der Waals surface area (Å²) in [5.74, 6) is 0. The fourth-order valence-corrected chi connectivity index (χ4v) is 2.30. The van der Waals surface area contributed by atoms with Crippen molar-refractivity contribution in [3.63, 3.8) is 0 Å². The van der Waals surface area contributed by atoms with Crippen LogP contribution in [-0.2, 0) is 10.0 Å². The Morgan fingerprint density at radius 1 is 1.53 bits per heavy atom. The van der Waals surface area contributed by atoms with Crippen LogP contribution in [0.3, 0.4) is 0 Å². The molecule has 0 radical (unpaired) electrons. The first kappa shape index (κ1) is 14.1. The van der Waals surface area contributed by atoms with E-state index in [1.807, 2.05) is 13.8 Å². The fourth-order valence-electron chi connectivity index (χ4n) is 1.32. The van der Waals surface area contributed by atoms with Crippen LogP contribution in [0, 0.1) is 5.41 Å². The van der Waals surface area contributed by atoms with Crippen LogP contribution in [0.25, 0.3) is 0 Å². The summed E-state index contributed by atoms with van der Waals surface area (Å²) in [4.78, 5) is 6.21. The number of aromatic nitrogens is 2. The number of nitrogens with zero attached hydrogens (tertiary/aromatic N) is 1. The molecule has 0 unspecified atom stereocenters. The molecule has 17 heavy (non-hydrogen) atoms. The van der Waals surface area contributed by atoms with Crippen molar-refractivity contribution in [1.29, 1.82) is 0 Å². The van der Waals surface area contributed by atoms with Crippen molar-refractivity contribution < 1.29 is 13.5 Å². The van der Waals surface area contributed by atoms with Gasteiger partial charge in [0, 0.05) is 13.2 Å². The maximum Gasteiger partial charge on any atom is 0.257 e. The normalized spacial score (nSPS) is 12.9. The Morgan fingerprint density at radius 3 is 2.76 bits per heavy atom. The van der Waals surface area contributed by atoms with Crippen LogP contribution < -0.4 is 4.72 Å². The molecule has 0 fully saturated rings. The van der Waals surface area contributed by atoms with E-state index in [4.69, 9.17) is 5.11 Å². The lowest BCUT2D eigenvalue weighted by Gasteiger charge is -2.21. The Kier molecular flexibility index (Phi) is 4.67. The largest absolute Gasteiger partial charge is 0.396 e.